The molecule has 1 aromatic carbocycles. The third-order valence-electron chi connectivity index (χ3n) is 7.20. The van der Waals surface area contributed by atoms with Crippen LogP contribution < -0.4 is 20.4 Å². The minimum Gasteiger partial charge on any atom is -0.369 e. The van der Waals surface area contributed by atoms with Crippen molar-refractivity contribution in [2.45, 2.75) is 57.4 Å². The number of hydrogen-bond acceptors (Lipinski definition) is 6. The van der Waals surface area contributed by atoms with Gasteiger partial charge in [0.05, 0.1) is 5.69 Å². The predicted octanol–water partition coefficient (Wildman–Crippen LogP) is 3.54. The zero-order chi connectivity index (χ0) is 23.5. The summed E-state index contributed by atoms with van der Waals surface area (Å²) in [4.78, 5) is 37.2. The van der Waals surface area contributed by atoms with Gasteiger partial charge in [-0.15, -0.1) is 0 Å². The molecule has 0 radical (unpaired) electrons. The fourth-order valence-corrected chi connectivity index (χ4v) is 5.35. The topological polar surface area (TPSA) is 90.5 Å². The Morgan fingerprint density at radius 1 is 1.18 bits per heavy atom. The summed E-state index contributed by atoms with van der Waals surface area (Å²) >= 11 is 0. The molecule has 1 saturated carbocycles. The van der Waals surface area contributed by atoms with Gasteiger partial charge in [0.15, 0.2) is 0 Å². The highest BCUT2D eigenvalue weighted by molar-refractivity contribution is 5.82. The average molecular weight is 467 g/mol. The number of rotatable bonds is 8. The quantitative estimate of drug-likeness (QED) is 0.579. The lowest BCUT2D eigenvalue weighted by atomic mass is 9.99. The number of benzene rings is 1. The molecule has 34 heavy (non-hydrogen) atoms. The molecule has 3 heterocycles. The molecule has 2 amide bonds. The zero-order valence-corrected chi connectivity index (χ0v) is 19.3. The highest BCUT2D eigenvalue weighted by atomic mass is 19.1. The van der Waals surface area contributed by atoms with Crippen LogP contribution in [0.25, 0.3) is 0 Å². The minimum absolute atomic E-state index is 0.0280. The molecule has 180 valence electrons. The molecule has 8 nitrogen and oxygen atoms in total. The molecule has 1 aliphatic carbocycles. The van der Waals surface area contributed by atoms with E-state index in [1.54, 1.807) is 17.2 Å². The van der Waals surface area contributed by atoms with Crippen molar-refractivity contribution in [2.24, 2.45) is 5.92 Å². The first-order valence-corrected chi connectivity index (χ1v) is 12.3. The first kappa shape index (κ1) is 22.6. The van der Waals surface area contributed by atoms with E-state index in [2.05, 4.69) is 25.5 Å². The summed E-state index contributed by atoms with van der Waals surface area (Å²) in [6.07, 6.45) is 9.95. The summed E-state index contributed by atoms with van der Waals surface area (Å²) in [5, 5.41) is 5.97. The van der Waals surface area contributed by atoms with Gasteiger partial charge >= 0.3 is 0 Å². The van der Waals surface area contributed by atoms with Crippen molar-refractivity contribution in [2.75, 3.05) is 34.8 Å². The van der Waals surface area contributed by atoms with Gasteiger partial charge in [0.25, 0.3) is 0 Å². The van der Waals surface area contributed by atoms with E-state index < -0.39 is 0 Å². The number of nitrogens with zero attached hydrogens (tertiary/aromatic N) is 4. The monoisotopic (exact) mass is 466 g/mol. The highest BCUT2D eigenvalue weighted by Gasteiger charge is 2.30. The Morgan fingerprint density at radius 2 is 1.97 bits per heavy atom. The number of amides is 2. The van der Waals surface area contributed by atoms with Crippen molar-refractivity contribution in [3.63, 3.8) is 0 Å². The third-order valence-corrected chi connectivity index (χ3v) is 7.20. The van der Waals surface area contributed by atoms with Crippen LogP contribution in [0.15, 0.2) is 24.4 Å². The Bertz CT molecular complexity index is 1050. The maximum Gasteiger partial charge on any atom is 0.229 e. The molecule has 0 bridgehead atoms. The third kappa shape index (κ3) is 4.69. The maximum absolute atomic E-state index is 14.8. The van der Waals surface area contributed by atoms with E-state index in [4.69, 9.17) is 0 Å². The lowest BCUT2D eigenvalue weighted by Crippen LogP contribution is -2.34. The Morgan fingerprint density at radius 3 is 2.65 bits per heavy atom. The summed E-state index contributed by atoms with van der Waals surface area (Å²) in [5.74, 6) is 0.434. The Kier molecular flexibility index (Phi) is 6.60. The number of hydrogen-bond donors (Lipinski definition) is 2. The van der Waals surface area contributed by atoms with Crippen LogP contribution in [0.1, 0.15) is 50.5 Å². The second kappa shape index (κ2) is 9.95. The second-order valence-corrected chi connectivity index (χ2v) is 9.46. The predicted molar refractivity (Wildman–Crippen MR) is 129 cm³/mol. The number of nitrogens with one attached hydrogen (secondary N) is 2. The first-order chi connectivity index (χ1) is 16.6. The van der Waals surface area contributed by atoms with Crippen LogP contribution in [0.4, 0.5) is 27.5 Å². The van der Waals surface area contributed by atoms with Crippen LogP contribution in [0.5, 0.6) is 0 Å². The van der Waals surface area contributed by atoms with Crippen LogP contribution in [-0.2, 0) is 16.0 Å². The van der Waals surface area contributed by atoms with Gasteiger partial charge in [-0.2, -0.15) is 4.98 Å². The van der Waals surface area contributed by atoms with Crippen LogP contribution in [0, 0.1) is 11.7 Å². The smallest absolute Gasteiger partial charge is 0.229 e. The van der Waals surface area contributed by atoms with Gasteiger partial charge in [0, 0.05) is 49.0 Å². The number of aromatic nitrogens is 2. The van der Waals surface area contributed by atoms with Gasteiger partial charge < -0.3 is 15.5 Å². The molecular weight excluding hydrogens is 435 g/mol. The fraction of sp³-hybridized carbons (Fsp3) is 0.520. The standard InChI is InChI=1S/C25H31FN6O2/c26-21-14-19(7-8-22(21)31-11-3-4-12-31)29-25-28-15-18(13-17-9-10-27-24(17)34)23(30-25)32(16-33)20-5-1-2-6-20/h7-8,14-17,20H,1-6,9-13H2,(H,27,34)(H,28,29,30)/t17-/m0/s1. The van der Waals surface area contributed by atoms with Crippen molar-refractivity contribution in [3.8, 4) is 0 Å². The number of carbonyl (C=O) groups excluding carboxylic acids is 2. The van der Waals surface area contributed by atoms with Gasteiger partial charge in [-0.3, -0.25) is 14.5 Å². The molecule has 0 unspecified atom stereocenters. The molecule has 0 spiro atoms. The molecular formula is C25H31FN6O2. The molecule has 3 aliphatic rings. The fourth-order valence-electron chi connectivity index (χ4n) is 5.35. The van der Waals surface area contributed by atoms with Gasteiger partial charge in [-0.05, 0) is 56.7 Å². The lowest BCUT2D eigenvalue weighted by Gasteiger charge is -2.26. The van der Waals surface area contributed by atoms with Crippen molar-refractivity contribution in [1.82, 2.24) is 15.3 Å². The largest absolute Gasteiger partial charge is 0.369 e. The summed E-state index contributed by atoms with van der Waals surface area (Å²) in [6.45, 7) is 2.41. The van der Waals surface area contributed by atoms with E-state index in [1.165, 1.54) is 6.07 Å². The molecule has 2 N–H and O–H groups in total. The van der Waals surface area contributed by atoms with Gasteiger partial charge in [0.1, 0.15) is 11.6 Å². The average Bonchev–Trinajstić information content (AvgIpc) is 3.61. The highest BCUT2D eigenvalue weighted by Crippen LogP contribution is 2.32. The first-order valence-electron chi connectivity index (χ1n) is 12.3. The van der Waals surface area contributed by atoms with Crippen molar-refractivity contribution < 1.29 is 14.0 Å². The van der Waals surface area contributed by atoms with Crippen LogP contribution in [-0.4, -0.2) is 48.0 Å². The van der Waals surface area contributed by atoms with Crippen molar-refractivity contribution >= 4 is 35.5 Å². The molecule has 5 rings (SSSR count). The molecule has 2 saturated heterocycles. The van der Waals surface area contributed by atoms with E-state index in [0.29, 0.717) is 36.1 Å². The molecule has 2 aliphatic heterocycles. The zero-order valence-electron chi connectivity index (χ0n) is 19.3. The van der Waals surface area contributed by atoms with E-state index in [0.717, 1.165) is 70.0 Å². The molecule has 9 heteroatoms. The summed E-state index contributed by atoms with van der Waals surface area (Å²) in [5.41, 5.74) is 1.94. The van der Waals surface area contributed by atoms with Crippen LogP contribution in [0.3, 0.4) is 0 Å². The normalized spacial score (nSPS) is 20.6. The maximum atomic E-state index is 14.8. The van der Waals surface area contributed by atoms with Crippen LogP contribution in [0.2, 0.25) is 0 Å². The number of halogens is 1. The SMILES string of the molecule is O=CN(c1nc(Nc2ccc(N3CCCC3)c(F)c2)ncc1C[C@@H]1CCNC1=O)C1CCCC1. The summed E-state index contributed by atoms with van der Waals surface area (Å²) in [7, 11) is 0. The minimum atomic E-state index is -0.281. The number of carbonyl (C=O) groups is 2. The molecule has 2 aromatic rings. The van der Waals surface area contributed by atoms with Crippen molar-refractivity contribution in [3.05, 3.63) is 35.8 Å². The van der Waals surface area contributed by atoms with Gasteiger partial charge in [0.2, 0.25) is 18.3 Å². The Hall–Kier alpha value is -3.23. The van der Waals surface area contributed by atoms with Crippen LogP contribution >= 0.6 is 0 Å². The Labute approximate surface area is 198 Å². The Balaban J connectivity index is 1.41. The van der Waals surface area contributed by atoms with Crippen molar-refractivity contribution in [1.29, 1.82) is 0 Å². The van der Waals surface area contributed by atoms with Gasteiger partial charge in [-0.1, -0.05) is 12.8 Å². The van der Waals surface area contributed by atoms with E-state index in [1.807, 2.05) is 6.07 Å². The summed E-state index contributed by atoms with van der Waals surface area (Å²) in [6, 6.07) is 5.16. The van der Waals surface area contributed by atoms with E-state index in [9.17, 15) is 14.0 Å². The molecule has 1 atom stereocenters. The van der Waals surface area contributed by atoms with Gasteiger partial charge in [-0.25, -0.2) is 9.37 Å². The molecule has 3 fully saturated rings. The van der Waals surface area contributed by atoms with E-state index >= 15 is 0 Å². The summed E-state index contributed by atoms with van der Waals surface area (Å²) < 4.78 is 14.8. The second-order valence-electron chi connectivity index (χ2n) is 9.46. The van der Waals surface area contributed by atoms with E-state index in [-0.39, 0.29) is 23.7 Å². The molecule has 1 aromatic heterocycles. The number of anilines is 4. The lowest BCUT2D eigenvalue weighted by molar-refractivity contribution is -0.122.